The van der Waals surface area contributed by atoms with Crippen LogP contribution in [0.1, 0.15) is 44.2 Å². The summed E-state index contributed by atoms with van der Waals surface area (Å²) in [6, 6.07) is 5.04. The number of carboxylic acids is 2. The van der Waals surface area contributed by atoms with Crippen LogP contribution in [0.2, 0.25) is 5.02 Å². The number of aryl methyl sites for hydroxylation is 1. The Kier molecular flexibility index (Phi) is 12.3. The number of rotatable bonds is 9. The number of carbonyl (C=O) groups excluding carboxylic acids is 2. The second-order valence-corrected chi connectivity index (χ2v) is 7.15. The molecule has 0 saturated carbocycles. The smallest absolute Gasteiger partial charge is 0.303 e. The average molecular weight is 429 g/mol. The molecule has 0 radical (unpaired) electrons. The van der Waals surface area contributed by atoms with Crippen LogP contribution < -0.4 is 10.6 Å². The van der Waals surface area contributed by atoms with Gasteiger partial charge in [0.05, 0.1) is 6.42 Å². The molecule has 1 rings (SSSR count). The zero-order chi connectivity index (χ0) is 22.6. The largest absolute Gasteiger partial charge is 0.481 e. The molecule has 29 heavy (non-hydrogen) atoms. The van der Waals surface area contributed by atoms with Crippen molar-refractivity contribution in [3.8, 4) is 0 Å². The molecular formula is C20H29ClN2O6. The molecule has 0 aliphatic rings. The molecular weight excluding hydrogens is 400 g/mol. The molecule has 1 atom stereocenters. The first-order chi connectivity index (χ1) is 13.5. The second kappa shape index (κ2) is 13.5. The summed E-state index contributed by atoms with van der Waals surface area (Å²) in [5, 5.41) is 22.0. The molecule has 0 aliphatic carbocycles. The van der Waals surface area contributed by atoms with Crippen LogP contribution in [0.4, 0.5) is 0 Å². The average Bonchev–Trinajstić information content (AvgIpc) is 2.62. The summed E-state index contributed by atoms with van der Waals surface area (Å²) in [5.41, 5.74) is 1.70. The predicted molar refractivity (Wildman–Crippen MR) is 110 cm³/mol. The van der Waals surface area contributed by atoms with Crippen molar-refractivity contribution < 1.29 is 29.4 Å². The highest BCUT2D eigenvalue weighted by Gasteiger charge is 2.23. The summed E-state index contributed by atoms with van der Waals surface area (Å²) in [6.45, 7) is 5.67. The van der Waals surface area contributed by atoms with E-state index >= 15 is 0 Å². The summed E-state index contributed by atoms with van der Waals surface area (Å²) in [5.74, 6) is -2.28. The SMILES string of the molecule is CNC(=O)[C@@H](NC(=O)Cc1cccc(C)c1Cl)C(C)C.O=C(O)CCCC(=O)O. The van der Waals surface area contributed by atoms with Crippen LogP contribution in [0.25, 0.3) is 0 Å². The zero-order valence-electron chi connectivity index (χ0n) is 17.1. The molecule has 0 fully saturated rings. The lowest BCUT2D eigenvalue weighted by Crippen LogP contribution is -2.49. The third kappa shape index (κ3) is 11.1. The van der Waals surface area contributed by atoms with E-state index in [2.05, 4.69) is 10.6 Å². The quantitative estimate of drug-likeness (QED) is 0.477. The lowest BCUT2D eigenvalue weighted by molar-refractivity contribution is -0.138. The summed E-state index contributed by atoms with van der Waals surface area (Å²) < 4.78 is 0. The fourth-order valence-electron chi connectivity index (χ4n) is 2.32. The molecule has 1 aromatic rings. The van der Waals surface area contributed by atoms with Gasteiger partial charge in [-0.3, -0.25) is 19.2 Å². The van der Waals surface area contributed by atoms with Crippen molar-refractivity contribution in [2.45, 2.75) is 52.5 Å². The number of carboxylic acid groups (broad SMARTS) is 2. The van der Waals surface area contributed by atoms with Crippen LogP contribution in [0.5, 0.6) is 0 Å². The molecule has 162 valence electrons. The number of likely N-dealkylation sites (N-methyl/N-ethyl adjacent to an activating group) is 1. The Labute approximate surface area is 175 Å². The number of amides is 2. The van der Waals surface area contributed by atoms with Gasteiger partial charge >= 0.3 is 11.9 Å². The fourth-order valence-corrected chi connectivity index (χ4v) is 2.52. The maximum Gasteiger partial charge on any atom is 0.303 e. The minimum absolute atomic E-state index is 0.0203. The summed E-state index contributed by atoms with van der Waals surface area (Å²) in [7, 11) is 1.56. The van der Waals surface area contributed by atoms with E-state index in [9.17, 15) is 19.2 Å². The number of aliphatic carboxylic acids is 2. The molecule has 0 heterocycles. The van der Waals surface area contributed by atoms with Crippen LogP contribution in [-0.2, 0) is 25.6 Å². The molecule has 0 bridgehead atoms. The zero-order valence-corrected chi connectivity index (χ0v) is 17.9. The van der Waals surface area contributed by atoms with Crippen molar-refractivity contribution in [3.63, 3.8) is 0 Å². The molecule has 0 saturated heterocycles. The van der Waals surface area contributed by atoms with Gasteiger partial charge in [-0.05, 0) is 30.4 Å². The number of nitrogens with one attached hydrogen (secondary N) is 2. The first-order valence-electron chi connectivity index (χ1n) is 9.18. The maximum atomic E-state index is 12.1. The van der Waals surface area contributed by atoms with Crippen molar-refractivity contribution in [2.75, 3.05) is 7.05 Å². The Morgan fingerprint density at radius 1 is 1.07 bits per heavy atom. The molecule has 8 nitrogen and oxygen atoms in total. The van der Waals surface area contributed by atoms with Gasteiger partial charge in [-0.2, -0.15) is 0 Å². The first kappa shape index (κ1) is 26.4. The molecule has 0 spiro atoms. The Hall–Kier alpha value is -2.61. The van der Waals surface area contributed by atoms with Crippen LogP contribution in [0.15, 0.2) is 18.2 Å². The highest BCUT2D eigenvalue weighted by Crippen LogP contribution is 2.20. The normalized spacial score (nSPS) is 11.1. The van der Waals surface area contributed by atoms with E-state index in [-0.39, 0.29) is 43.4 Å². The molecule has 2 amide bonds. The van der Waals surface area contributed by atoms with E-state index in [1.807, 2.05) is 39.0 Å². The van der Waals surface area contributed by atoms with Crippen LogP contribution in [0.3, 0.4) is 0 Å². The van der Waals surface area contributed by atoms with E-state index in [4.69, 9.17) is 21.8 Å². The lowest BCUT2D eigenvalue weighted by atomic mass is 10.0. The molecule has 0 aromatic heterocycles. The van der Waals surface area contributed by atoms with Crippen molar-refractivity contribution in [2.24, 2.45) is 5.92 Å². The van der Waals surface area contributed by atoms with Crippen LogP contribution in [0, 0.1) is 12.8 Å². The number of halogens is 1. The maximum absolute atomic E-state index is 12.1. The Morgan fingerprint density at radius 3 is 2.07 bits per heavy atom. The molecule has 0 unspecified atom stereocenters. The lowest BCUT2D eigenvalue weighted by Gasteiger charge is -2.20. The predicted octanol–water partition coefficient (Wildman–Crippen LogP) is 2.40. The van der Waals surface area contributed by atoms with Gasteiger partial charge in [0.15, 0.2) is 0 Å². The standard InChI is InChI=1S/C15H21ClN2O2.C5H8O4/c1-9(2)14(15(20)17-4)18-12(19)8-11-7-5-6-10(3)13(11)16;6-4(7)2-1-3-5(8)9/h5-7,9,14H,8H2,1-4H3,(H,17,20)(H,18,19);1-3H2,(H,6,7)(H,8,9)/t14-;/m0./s1. The van der Waals surface area contributed by atoms with E-state index in [0.29, 0.717) is 5.02 Å². The van der Waals surface area contributed by atoms with Gasteiger partial charge in [0, 0.05) is 24.9 Å². The van der Waals surface area contributed by atoms with Crippen molar-refractivity contribution in [1.29, 1.82) is 0 Å². The fraction of sp³-hybridized carbons (Fsp3) is 0.500. The van der Waals surface area contributed by atoms with Gasteiger partial charge < -0.3 is 20.8 Å². The van der Waals surface area contributed by atoms with E-state index < -0.39 is 18.0 Å². The number of hydrogen-bond acceptors (Lipinski definition) is 4. The van der Waals surface area contributed by atoms with E-state index in [0.717, 1.165) is 11.1 Å². The molecule has 0 aliphatic heterocycles. The van der Waals surface area contributed by atoms with Gasteiger partial charge in [0.25, 0.3) is 0 Å². The summed E-state index contributed by atoms with van der Waals surface area (Å²) >= 11 is 6.17. The highest BCUT2D eigenvalue weighted by molar-refractivity contribution is 6.32. The number of carbonyl (C=O) groups is 4. The minimum Gasteiger partial charge on any atom is -0.481 e. The molecule has 1 aromatic carbocycles. The summed E-state index contributed by atoms with van der Waals surface area (Å²) in [6.07, 6.45) is 0.254. The first-order valence-corrected chi connectivity index (χ1v) is 9.55. The Bertz CT molecular complexity index is 707. The molecule has 9 heteroatoms. The third-order valence-electron chi connectivity index (χ3n) is 3.92. The van der Waals surface area contributed by atoms with E-state index in [1.165, 1.54) is 0 Å². The van der Waals surface area contributed by atoms with Gasteiger partial charge in [-0.15, -0.1) is 0 Å². The highest BCUT2D eigenvalue weighted by atomic mass is 35.5. The van der Waals surface area contributed by atoms with Gasteiger partial charge in [0.2, 0.25) is 11.8 Å². The van der Waals surface area contributed by atoms with Crippen molar-refractivity contribution in [3.05, 3.63) is 34.3 Å². The van der Waals surface area contributed by atoms with Gasteiger partial charge in [-0.25, -0.2) is 0 Å². The van der Waals surface area contributed by atoms with Crippen molar-refractivity contribution >= 4 is 35.4 Å². The second-order valence-electron chi connectivity index (χ2n) is 6.77. The third-order valence-corrected chi connectivity index (χ3v) is 4.46. The Balaban J connectivity index is 0.000000734. The minimum atomic E-state index is -0.948. The topological polar surface area (TPSA) is 133 Å². The molecule has 4 N–H and O–H groups in total. The van der Waals surface area contributed by atoms with Crippen molar-refractivity contribution in [1.82, 2.24) is 10.6 Å². The number of hydrogen-bond donors (Lipinski definition) is 4. The van der Waals surface area contributed by atoms with Crippen LogP contribution >= 0.6 is 11.6 Å². The van der Waals surface area contributed by atoms with Gasteiger partial charge in [0.1, 0.15) is 6.04 Å². The van der Waals surface area contributed by atoms with Crippen LogP contribution in [-0.4, -0.2) is 47.1 Å². The van der Waals surface area contributed by atoms with Gasteiger partial charge in [-0.1, -0.05) is 43.6 Å². The summed E-state index contributed by atoms with van der Waals surface area (Å²) in [4.78, 5) is 43.3. The number of benzene rings is 1. The Morgan fingerprint density at radius 2 is 1.62 bits per heavy atom. The monoisotopic (exact) mass is 428 g/mol. The van der Waals surface area contributed by atoms with E-state index in [1.54, 1.807) is 7.05 Å².